The average molecular weight is 325 g/mol. The molecule has 0 spiro atoms. The van der Waals surface area contributed by atoms with Crippen molar-refractivity contribution in [1.29, 1.82) is 0 Å². The van der Waals surface area contributed by atoms with E-state index in [1.165, 1.54) is 37.6 Å². The van der Waals surface area contributed by atoms with Crippen LogP contribution in [0.4, 0.5) is 5.82 Å². The van der Waals surface area contributed by atoms with E-state index in [4.69, 9.17) is 9.47 Å². The molecule has 0 bridgehead atoms. The van der Waals surface area contributed by atoms with E-state index in [9.17, 15) is 13.2 Å². The number of aromatic nitrogens is 2. The number of nitrogens with zero attached hydrogens (tertiary/aromatic N) is 1. The quantitative estimate of drug-likeness (QED) is 0.777. The van der Waals surface area contributed by atoms with Gasteiger partial charge >= 0.3 is 5.97 Å². The van der Waals surface area contributed by atoms with Crippen molar-refractivity contribution in [2.75, 3.05) is 18.4 Å². The van der Waals surface area contributed by atoms with Crippen LogP contribution in [0.1, 0.15) is 17.3 Å². The van der Waals surface area contributed by atoms with Crippen LogP contribution in [-0.2, 0) is 14.8 Å². The van der Waals surface area contributed by atoms with Crippen molar-refractivity contribution in [3.63, 3.8) is 0 Å². The summed E-state index contributed by atoms with van der Waals surface area (Å²) in [6.45, 7) is 1.83. The minimum absolute atomic E-state index is 0.0129. The number of methoxy groups -OCH3 is 1. The molecule has 2 N–H and O–H groups in total. The number of ether oxygens (including phenoxy) is 2. The molecule has 118 valence electrons. The summed E-state index contributed by atoms with van der Waals surface area (Å²) in [6, 6.07) is 5.82. The van der Waals surface area contributed by atoms with E-state index in [1.807, 2.05) is 0 Å². The van der Waals surface area contributed by atoms with Gasteiger partial charge in [-0.15, -0.1) is 0 Å². The summed E-state index contributed by atoms with van der Waals surface area (Å²) in [5, 5.41) is 6.09. The van der Waals surface area contributed by atoms with Crippen LogP contribution >= 0.6 is 0 Å². The third-order valence-electron chi connectivity index (χ3n) is 2.74. The van der Waals surface area contributed by atoms with Gasteiger partial charge in [0.25, 0.3) is 10.0 Å². The van der Waals surface area contributed by atoms with Gasteiger partial charge in [-0.3, -0.25) is 9.82 Å². The molecule has 0 saturated carbocycles. The van der Waals surface area contributed by atoms with Crippen LogP contribution in [0.2, 0.25) is 0 Å². The van der Waals surface area contributed by atoms with Crippen LogP contribution in [0.3, 0.4) is 0 Å². The fourth-order valence-corrected chi connectivity index (χ4v) is 2.71. The van der Waals surface area contributed by atoms with E-state index in [1.54, 1.807) is 6.92 Å². The Labute approximate surface area is 127 Å². The number of hydrogen-bond donors (Lipinski definition) is 2. The molecular weight excluding hydrogens is 310 g/mol. The van der Waals surface area contributed by atoms with Gasteiger partial charge in [0.15, 0.2) is 0 Å². The minimum Gasteiger partial charge on any atom is -0.497 e. The lowest BCUT2D eigenvalue weighted by atomic mass is 10.3. The molecule has 22 heavy (non-hydrogen) atoms. The maximum absolute atomic E-state index is 12.3. The van der Waals surface area contributed by atoms with Crippen molar-refractivity contribution in [3.05, 3.63) is 36.0 Å². The number of esters is 1. The second kappa shape index (κ2) is 6.48. The zero-order valence-electron chi connectivity index (χ0n) is 12.0. The summed E-state index contributed by atoms with van der Waals surface area (Å²) in [5.41, 5.74) is 0.0129. The monoisotopic (exact) mass is 325 g/mol. The fraction of sp³-hybridized carbons (Fsp3) is 0.231. The highest BCUT2D eigenvalue weighted by atomic mass is 32.2. The van der Waals surface area contributed by atoms with Gasteiger partial charge in [0.1, 0.15) is 17.1 Å². The van der Waals surface area contributed by atoms with Gasteiger partial charge in [-0.25, -0.2) is 13.2 Å². The Morgan fingerprint density at radius 2 is 2.00 bits per heavy atom. The Kier molecular flexibility index (Phi) is 4.66. The molecule has 0 amide bonds. The third kappa shape index (κ3) is 3.37. The lowest BCUT2D eigenvalue weighted by Gasteiger charge is -2.08. The Morgan fingerprint density at radius 3 is 2.59 bits per heavy atom. The molecule has 9 heteroatoms. The molecular formula is C13H15N3O5S. The fourth-order valence-electron chi connectivity index (χ4n) is 1.68. The van der Waals surface area contributed by atoms with Crippen LogP contribution in [0.25, 0.3) is 0 Å². The molecule has 0 fully saturated rings. The van der Waals surface area contributed by atoms with E-state index in [2.05, 4.69) is 14.9 Å². The molecule has 0 atom stereocenters. The lowest BCUT2D eigenvalue weighted by Crippen LogP contribution is -2.16. The number of hydrogen-bond acceptors (Lipinski definition) is 6. The summed E-state index contributed by atoms with van der Waals surface area (Å²) in [4.78, 5) is 11.7. The van der Waals surface area contributed by atoms with Gasteiger partial charge in [0.05, 0.1) is 24.8 Å². The Bertz CT molecular complexity index is 752. The van der Waals surface area contributed by atoms with Gasteiger partial charge < -0.3 is 9.47 Å². The lowest BCUT2D eigenvalue weighted by molar-refractivity contribution is 0.0527. The van der Waals surface area contributed by atoms with Crippen molar-refractivity contribution < 1.29 is 22.7 Å². The second-order valence-electron chi connectivity index (χ2n) is 4.16. The van der Waals surface area contributed by atoms with Crippen LogP contribution < -0.4 is 9.46 Å². The first-order chi connectivity index (χ1) is 10.5. The number of carbonyl (C=O) groups excluding carboxylic acids is 1. The molecule has 0 unspecified atom stereocenters. The highest BCUT2D eigenvalue weighted by molar-refractivity contribution is 7.92. The predicted octanol–water partition coefficient (Wildman–Crippen LogP) is 1.40. The first-order valence-corrected chi connectivity index (χ1v) is 7.83. The molecule has 2 aromatic rings. The summed E-state index contributed by atoms with van der Waals surface area (Å²) >= 11 is 0. The number of carbonyl (C=O) groups is 1. The van der Waals surface area contributed by atoms with Gasteiger partial charge in [0.2, 0.25) is 0 Å². The second-order valence-corrected chi connectivity index (χ2v) is 5.84. The number of nitrogens with one attached hydrogen (secondary N) is 2. The Balaban J connectivity index is 2.25. The first-order valence-electron chi connectivity index (χ1n) is 6.35. The van der Waals surface area contributed by atoms with Crippen molar-refractivity contribution >= 4 is 21.8 Å². The number of sulfonamides is 1. The number of anilines is 1. The van der Waals surface area contributed by atoms with Crippen LogP contribution in [0.15, 0.2) is 35.4 Å². The van der Waals surface area contributed by atoms with Crippen molar-refractivity contribution in [2.45, 2.75) is 11.8 Å². The molecule has 0 aliphatic heterocycles. The Hall–Kier alpha value is -2.55. The van der Waals surface area contributed by atoms with Crippen LogP contribution in [-0.4, -0.2) is 38.3 Å². The average Bonchev–Trinajstić information content (AvgIpc) is 2.95. The molecule has 1 aromatic carbocycles. The maximum atomic E-state index is 12.3. The maximum Gasteiger partial charge on any atom is 0.343 e. The summed E-state index contributed by atoms with van der Waals surface area (Å²) < 4.78 is 36.6. The normalized spacial score (nSPS) is 11.0. The van der Waals surface area contributed by atoms with E-state index in [0.29, 0.717) is 5.75 Å². The summed E-state index contributed by atoms with van der Waals surface area (Å²) in [7, 11) is -2.38. The van der Waals surface area contributed by atoms with E-state index in [-0.39, 0.29) is 22.9 Å². The molecule has 2 rings (SSSR count). The zero-order valence-corrected chi connectivity index (χ0v) is 12.8. The highest BCUT2D eigenvalue weighted by Crippen LogP contribution is 2.20. The largest absolute Gasteiger partial charge is 0.497 e. The number of rotatable bonds is 6. The van der Waals surface area contributed by atoms with Gasteiger partial charge in [0, 0.05) is 0 Å². The molecule has 0 aliphatic carbocycles. The molecule has 8 nitrogen and oxygen atoms in total. The number of H-pyrrole nitrogens is 1. The Morgan fingerprint density at radius 1 is 1.32 bits per heavy atom. The smallest absolute Gasteiger partial charge is 0.343 e. The van der Waals surface area contributed by atoms with Gasteiger partial charge in [-0.2, -0.15) is 5.10 Å². The van der Waals surface area contributed by atoms with E-state index in [0.717, 1.165) is 0 Å². The number of aromatic amines is 1. The molecule has 0 aliphatic rings. The van der Waals surface area contributed by atoms with Crippen LogP contribution in [0, 0.1) is 0 Å². The molecule has 1 heterocycles. The van der Waals surface area contributed by atoms with Gasteiger partial charge in [-0.1, -0.05) is 0 Å². The first kappa shape index (κ1) is 15.8. The topological polar surface area (TPSA) is 110 Å². The summed E-state index contributed by atoms with van der Waals surface area (Å²) in [5.74, 6) is -0.175. The van der Waals surface area contributed by atoms with Gasteiger partial charge in [-0.05, 0) is 31.2 Å². The molecule has 1 aromatic heterocycles. The number of benzene rings is 1. The minimum atomic E-state index is -3.86. The van der Waals surface area contributed by atoms with E-state index < -0.39 is 16.0 Å². The van der Waals surface area contributed by atoms with Crippen molar-refractivity contribution in [1.82, 2.24) is 10.2 Å². The highest BCUT2D eigenvalue weighted by Gasteiger charge is 2.21. The molecule has 0 radical (unpaired) electrons. The zero-order chi connectivity index (χ0) is 16.2. The summed E-state index contributed by atoms with van der Waals surface area (Å²) in [6.07, 6.45) is 1.20. The SMILES string of the molecule is CCOC(=O)c1cn[nH]c1NS(=O)(=O)c1ccc(OC)cc1. The van der Waals surface area contributed by atoms with Crippen LogP contribution in [0.5, 0.6) is 5.75 Å². The predicted molar refractivity (Wildman–Crippen MR) is 78.3 cm³/mol. The standard InChI is InChI=1S/C13H15N3O5S/c1-3-21-13(17)11-8-14-15-12(11)16-22(18,19)10-6-4-9(20-2)5-7-10/h4-8H,3H2,1-2H3,(H2,14,15,16). The molecule has 0 saturated heterocycles. The van der Waals surface area contributed by atoms with Crippen molar-refractivity contribution in [2.24, 2.45) is 0 Å². The van der Waals surface area contributed by atoms with Crippen molar-refractivity contribution in [3.8, 4) is 5.75 Å². The van der Waals surface area contributed by atoms with E-state index >= 15 is 0 Å². The third-order valence-corrected chi connectivity index (χ3v) is 4.11.